The van der Waals surface area contributed by atoms with Crippen LogP contribution in [0, 0.1) is 13.8 Å². The number of benzene rings is 1. The first-order chi connectivity index (χ1) is 9.11. The average molecular weight is 257 g/mol. The molecule has 4 heteroatoms. The maximum atomic E-state index is 11.8. The molecule has 0 fully saturated rings. The SMILES string of the molecule is CNC(Cn1cc(C)cnc1=O)c1ccccc1C. The third-order valence-electron chi connectivity index (χ3n) is 3.28. The molecule has 1 unspecified atom stereocenters. The van der Waals surface area contributed by atoms with Crippen LogP contribution in [-0.2, 0) is 6.54 Å². The lowest BCUT2D eigenvalue weighted by atomic mass is 10.0. The molecule has 0 saturated heterocycles. The van der Waals surface area contributed by atoms with Gasteiger partial charge in [-0.3, -0.25) is 4.57 Å². The molecule has 19 heavy (non-hydrogen) atoms. The van der Waals surface area contributed by atoms with Crippen molar-refractivity contribution < 1.29 is 0 Å². The first-order valence-corrected chi connectivity index (χ1v) is 6.37. The van der Waals surface area contributed by atoms with E-state index in [0.29, 0.717) is 6.54 Å². The van der Waals surface area contributed by atoms with E-state index in [0.717, 1.165) is 5.56 Å². The number of likely N-dealkylation sites (N-methyl/N-ethyl adjacent to an activating group) is 1. The van der Waals surface area contributed by atoms with E-state index in [1.54, 1.807) is 10.8 Å². The van der Waals surface area contributed by atoms with Gasteiger partial charge in [-0.25, -0.2) is 9.78 Å². The second-order valence-electron chi connectivity index (χ2n) is 4.76. The van der Waals surface area contributed by atoms with Gasteiger partial charge in [0.15, 0.2) is 0 Å². The summed E-state index contributed by atoms with van der Waals surface area (Å²) in [7, 11) is 1.91. The third-order valence-corrected chi connectivity index (χ3v) is 3.28. The Bertz CT molecular complexity index is 619. The summed E-state index contributed by atoms with van der Waals surface area (Å²) < 4.78 is 1.66. The Morgan fingerprint density at radius 3 is 2.74 bits per heavy atom. The summed E-state index contributed by atoms with van der Waals surface area (Å²) in [5, 5.41) is 3.27. The second kappa shape index (κ2) is 5.80. The number of nitrogens with zero attached hydrogens (tertiary/aromatic N) is 2. The highest BCUT2D eigenvalue weighted by Gasteiger charge is 2.13. The van der Waals surface area contributed by atoms with Crippen molar-refractivity contribution >= 4 is 0 Å². The van der Waals surface area contributed by atoms with Gasteiger partial charge in [0.2, 0.25) is 0 Å². The molecule has 0 saturated carbocycles. The first-order valence-electron chi connectivity index (χ1n) is 6.37. The molecule has 0 bridgehead atoms. The molecular weight excluding hydrogens is 238 g/mol. The molecule has 1 N–H and O–H groups in total. The van der Waals surface area contributed by atoms with Crippen molar-refractivity contribution in [1.29, 1.82) is 0 Å². The Morgan fingerprint density at radius 1 is 1.32 bits per heavy atom. The average Bonchev–Trinajstić information content (AvgIpc) is 2.41. The highest BCUT2D eigenvalue weighted by molar-refractivity contribution is 5.28. The van der Waals surface area contributed by atoms with Crippen LogP contribution >= 0.6 is 0 Å². The monoisotopic (exact) mass is 257 g/mol. The van der Waals surface area contributed by atoms with Crippen LogP contribution in [0.3, 0.4) is 0 Å². The van der Waals surface area contributed by atoms with E-state index in [4.69, 9.17) is 0 Å². The third kappa shape index (κ3) is 3.09. The highest BCUT2D eigenvalue weighted by Crippen LogP contribution is 2.18. The molecule has 100 valence electrons. The molecule has 2 aromatic rings. The van der Waals surface area contributed by atoms with Gasteiger partial charge in [-0.15, -0.1) is 0 Å². The Kier molecular flexibility index (Phi) is 4.12. The minimum atomic E-state index is -0.209. The van der Waals surface area contributed by atoms with Crippen LogP contribution in [0.4, 0.5) is 0 Å². The number of nitrogens with one attached hydrogen (secondary N) is 1. The minimum absolute atomic E-state index is 0.0995. The van der Waals surface area contributed by atoms with Gasteiger partial charge in [-0.05, 0) is 37.6 Å². The lowest BCUT2D eigenvalue weighted by molar-refractivity contribution is 0.482. The van der Waals surface area contributed by atoms with Crippen LogP contribution < -0.4 is 11.0 Å². The summed E-state index contributed by atoms with van der Waals surface area (Å²) in [6.45, 7) is 4.59. The van der Waals surface area contributed by atoms with E-state index in [1.807, 2.05) is 32.3 Å². The zero-order valence-corrected chi connectivity index (χ0v) is 11.6. The summed E-state index contributed by atoms with van der Waals surface area (Å²) >= 11 is 0. The molecule has 1 aromatic heterocycles. The second-order valence-corrected chi connectivity index (χ2v) is 4.76. The van der Waals surface area contributed by atoms with Crippen LogP contribution in [0.2, 0.25) is 0 Å². The van der Waals surface area contributed by atoms with Gasteiger partial charge in [-0.2, -0.15) is 0 Å². The molecule has 0 radical (unpaired) electrons. The van der Waals surface area contributed by atoms with Crippen molar-refractivity contribution in [2.24, 2.45) is 0 Å². The number of hydrogen-bond acceptors (Lipinski definition) is 3. The quantitative estimate of drug-likeness (QED) is 0.909. The van der Waals surface area contributed by atoms with Crippen LogP contribution in [0.15, 0.2) is 41.5 Å². The molecule has 1 atom stereocenters. The van der Waals surface area contributed by atoms with Gasteiger partial charge in [0.25, 0.3) is 0 Å². The molecule has 0 amide bonds. The van der Waals surface area contributed by atoms with Crippen molar-refractivity contribution in [3.05, 3.63) is 63.8 Å². The van der Waals surface area contributed by atoms with Gasteiger partial charge in [-0.1, -0.05) is 24.3 Å². The normalized spacial score (nSPS) is 12.4. The smallest absolute Gasteiger partial charge is 0.312 e. The summed E-state index contributed by atoms with van der Waals surface area (Å²) in [6, 6.07) is 8.31. The maximum absolute atomic E-state index is 11.8. The van der Waals surface area contributed by atoms with E-state index >= 15 is 0 Å². The summed E-state index contributed by atoms with van der Waals surface area (Å²) in [5.74, 6) is 0. The molecule has 0 aliphatic carbocycles. The lowest BCUT2D eigenvalue weighted by Crippen LogP contribution is -2.30. The first kappa shape index (κ1) is 13.5. The number of aryl methyl sites for hydroxylation is 2. The Labute approximate surface area is 113 Å². The van der Waals surface area contributed by atoms with Crippen molar-refractivity contribution in [3.63, 3.8) is 0 Å². The molecule has 0 spiro atoms. The van der Waals surface area contributed by atoms with Crippen LogP contribution in [0.25, 0.3) is 0 Å². The molecule has 1 aromatic carbocycles. The Hall–Kier alpha value is -1.94. The van der Waals surface area contributed by atoms with Crippen LogP contribution in [0.1, 0.15) is 22.7 Å². The standard InChI is InChI=1S/C15H19N3O/c1-11-8-17-15(19)18(9-11)10-14(16-3)13-7-5-4-6-12(13)2/h4-9,14,16H,10H2,1-3H3. The number of aromatic nitrogens is 2. The fraction of sp³-hybridized carbons (Fsp3) is 0.333. The van der Waals surface area contributed by atoms with E-state index < -0.39 is 0 Å². The zero-order chi connectivity index (χ0) is 13.8. The Morgan fingerprint density at radius 2 is 2.05 bits per heavy atom. The summed E-state index contributed by atoms with van der Waals surface area (Å²) in [4.78, 5) is 15.6. The minimum Gasteiger partial charge on any atom is -0.312 e. The van der Waals surface area contributed by atoms with E-state index in [9.17, 15) is 4.79 Å². The molecular formula is C15H19N3O. The molecule has 0 aliphatic rings. The fourth-order valence-corrected chi connectivity index (χ4v) is 2.22. The predicted molar refractivity (Wildman–Crippen MR) is 76.2 cm³/mol. The van der Waals surface area contributed by atoms with Gasteiger partial charge < -0.3 is 5.32 Å². The largest absolute Gasteiger partial charge is 0.347 e. The fourth-order valence-electron chi connectivity index (χ4n) is 2.22. The van der Waals surface area contributed by atoms with E-state index in [1.165, 1.54) is 11.1 Å². The topological polar surface area (TPSA) is 46.9 Å². The highest BCUT2D eigenvalue weighted by atomic mass is 16.1. The maximum Gasteiger partial charge on any atom is 0.347 e. The van der Waals surface area contributed by atoms with Crippen molar-refractivity contribution in [2.75, 3.05) is 7.05 Å². The van der Waals surface area contributed by atoms with E-state index in [-0.39, 0.29) is 11.7 Å². The summed E-state index contributed by atoms with van der Waals surface area (Å²) in [5.41, 5.74) is 3.20. The lowest BCUT2D eigenvalue weighted by Gasteiger charge is -2.19. The molecule has 1 heterocycles. The molecule has 4 nitrogen and oxygen atoms in total. The van der Waals surface area contributed by atoms with Gasteiger partial charge >= 0.3 is 5.69 Å². The summed E-state index contributed by atoms with van der Waals surface area (Å²) in [6.07, 6.45) is 3.44. The van der Waals surface area contributed by atoms with Crippen molar-refractivity contribution in [1.82, 2.24) is 14.9 Å². The van der Waals surface area contributed by atoms with Gasteiger partial charge in [0.05, 0.1) is 6.04 Å². The number of hydrogen-bond donors (Lipinski definition) is 1. The van der Waals surface area contributed by atoms with Gasteiger partial charge in [0.1, 0.15) is 0 Å². The zero-order valence-electron chi connectivity index (χ0n) is 11.6. The van der Waals surface area contributed by atoms with E-state index in [2.05, 4.69) is 29.4 Å². The predicted octanol–water partition coefficient (Wildman–Crippen LogP) is 1.82. The molecule has 2 rings (SSSR count). The van der Waals surface area contributed by atoms with Crippen molar-refractivity contribution in [2.45, 2.75) is 26.4 Å². The van der Waals surface area contributed by atoms with Crippen LogP contribution in [0.5, 0.6) is 0 Å². The van der Waals surface area contributed by atoms with Gasteiger partial charge in [0, 0.05) is 18.9 Å². The number of rotatable bonds is 4. The van der Waals surface area contributed by atoms with Crippen molar-refractivity contribution in [3.8, 4) is 0 Å². The Balaban J connectivity index is 2.32. The molecule has 0 aliphatic heterocycles. The van der Waals surface area contributed by atoms with Crippen LogP contribution in [-0.4, -0.2) is 16.6 Å².